The van der Waals surface area contributed by atoms with Crippen LogP contribution in [0.3, 0.4) is 0 Å². The van der Waals surface area contributed by atoms with Crippen molar-refractivity contribution >= 4 is 17.7 Å². The van der Waals surface area contributed by atoms with Gasteiger partial charge in [-0.1, -0.05) is 11.6 Å². The van der Waals surface area contributed by atoms with E-state index in [1.165, 1.54) is 4.90 Å². The fourth-order valence-corrected chi connectivity index (χ4v) is 2.90. The minimum atomic E-state index is -0.826. The number of carbonyl (C=O) groups excluding carboxylic acids is 1. The highest BCUT2D eigenvalue weighted by Crippen LogP contribution is 2.41. The molecule has 2 rings (SSSR count). The van der Waals surface area contributed by atoms with Crippen LogP contribution in [0.2, 0.25) is 5.02 Å². The predicted molar refractivity (Wildman–Crippen MR) is 81.5 cm³/mol. The molecule has 0 spiro atoms. The first-order valence-electron chi connectivity index (χ1n) is 7.05. The zero-order valence-corrected chi connectivity index (χ0v) is 13.6. The van der Waals surface area contributed by atoms with Gasteiger partial charge in [0, 0.05) is 23.7 Å². The van der Waals surface area contributed by atoms with Crippen molar-refractivity contribution in [3.05, 3.63) is 28.0 Å². The Bertz CT molecular complexity index is 601. The average Bonchev–Trinajstić information content (AvgIpc) is 2.41. The summed E-state index contributed by atoms with van der Waals surface area (Å²) in [5.41, 5.74) is 5.99. The lowest BCUT2D eigenvalue weighted by molar-refractivity contribution is 0.0147. The average molecular weight is 331 g/mol. The van der Waals surface area contributed by atoms with E-state index >= 15 is 0 Å². The van der Waals surface area contributed by atoms with Gasteiger partial charge in [0.25, 0.3) is 0 Å². The number of aromatic hydroxyl groups is 1. The molecule has 3 N–H and O–H groups in total. The summed E-state index contributed by atoms with van der Waals surface area (Å²) in [5, 5.41) is 10.3. The van der Waals surface area contributed by atoms with Crippen LogP contribution in [0.15, 0.2) is 6.07 Å². The molecule has 0 bridgehead atoms. The summed E-state index contributed by atoms with van der Waals surface area (Å²) in [4.78, 5) is 13.7. The van der Waals surface area contributed by atoms with Gasteiger partial charge in [0.05, 0.1) is 6.04 Å². The summed E-state index contributed by atoms with van der Waals surface area (Å²) in [6.45, 7) is 5.64. The van der Waals surface area contributed by atoms with Gasteiger partial charge in [-0.3, -0.25) is 4.90 Å². The Morgan fingerprint density at radius 2 is 2.23 bits per heavy atom. The number of rotatable bonds is 1. The second kappa shape index (κ2) is 5.93. The number of hydrogen-bond donors (Lipinski definition) is 2. The molecule has 0 saturated carbocycles. The largest absolute Gasteiger partial charge is 0.505 e. The summed E-state index contributed by atoms with van der Waals surface area (Å²) in [6, 6.07) is 0.402. The maximum atomic E-state index is 13.8. The smallest absolute Gasteiger partial charge is 0.410 e. The Labute approximate surface area is 133 Å². The van der Waals surface area contributed by atoms with Gasteiger partial charge in [0.1, 0.15) is 5.60 Å². The zero-order valence-electron chi connectivity index (χ0n) is 12.8. The predicted octanol–water partition coefficient (Wildman–Crippen LogP) is 2.98. The van der Waals surface area contributed by atoms with Crippen molar-refractivity contribution < 1.29 is 19.0 Å². The third-order valence-corrected chi connectivity index (χ3v) is 3.85. The van der Waals surface area contributed by atoms with Gasteiger partial charge in [-0.15, -0.1) is 0 Å². The van der Waals surface area contributed by atoms with Crippen LogP contribution in [-0.4, -0.2) is 34.8 Å². The highest BCUT2D eigenvalue weighted by molar-refractivity contribution is 6.31. The first-order chi connectivity index (χ1) is 10.2. The van der Waals surface area contributed by atoms with E-state index in [9.17, 15) is 14.3 Å². The first-order valence-corrected chi connectivity index (χ1v) is 7.43. The van der Waals surface area contributed by atoms with E-state index in [1.807, 2.05) is 0 Å². The van der Waals surface area contributed by atoms with Gasteiger partial charge in [-0.25, -0.2) is 9.18 Å². The number of halogens is 2. The highest BCUT2D eigenvalue weighted by Gasteiger charge is 2.36. The van der Waals surface area contributed by atoms with Crippen molar-refractivity contribution in [2.75, 3.05) is 13.1 Å². The molecule has 1 aliphatic rings. The van der Waals surface area contributed by atoms with Gasteiger partial charge in [-0.05, 0) is 38.8 Å². The van der Waals surface area contributed by atoms with Gasteiger partial charge < -0.3 is 15.6 Å². The maximum absolute atomic E-state index is 13.8. The Morgan fingerprint density at radius 3 is 2.77 bits per heavy atom. The van der Waals surface area contributed by atoms with E-state index in [-0.39, 0.29) is 17.1 Å². The lowest BCUT2D eigenvalue weighted by Gasteiger charge is -2.38. The summed E-state index contributed by atoms with van der Waals surface area (Å²) >= 11 is 6.05. The molecule has 22 heavy (non-hydrogen) atoms. The van der Waals surface area contributed by atoms with Crippen LogP contribution < -0.4 is 5.73 Å². The molecule has 0 saturated heterocycles. The first kappa shape index (κ1) is 16.8. The van der Waals surface area contributed by atoms with Gasteiger partial charge in [-0.2, -0.15) is 0 Å². The van der Waals surface area contributed by atoms with E-state index in [0.29, 0.717) is 18.5 Å². The van der Waals surface area contributed by atoms with E-state index in [0.717, 1.165) is 6.07 Å². The molecule has 7 heteroatoms. The summed E-state index contributed by atoms with van der Waals surface area (Å²) in [5.74, 6) is -1.34. The monoisotopic (exact) mass is 330 g/mol. The molecule has 0 aromatic heterocycles. The van der Waals surface area contributed by atoms with Crippen molar-refractivity contribution in [2.45, 2.75) is 38.8 Å². The quantitative estimate of drug-likeness (QED) is 0.830. The molecular weight excluding hydrogens is 311 g/mol. The number of phenols is 1. The SMILES string of the molecule is CC(C)(C)OC(=O)N1CCc2c(Cl)cc(F)c(O)c2C1CN. The van der Waals surface area contributed by atoms with Gasteiger partial charge in [0.15, 0.2) is 11.6 Å². The molecule has 1 atom stereocenters. The zero-order chi connectivity index (χ0) is 16.7. The van der Waals surface area contributed by atoms with Gasteiger partial charge in [0.2, 0.25) is 0 Å². The van der Waals surface area contributed by atoms with Crippen LogP contribution >= 0.6 is 11.6 Å². The van der Waals surface area contributed by atoms with E-state index in [4.69, 9.17) is 22.1 Å². The van der Waals surface area contributed by atoms with Crippen molar-refractivity contribution in [3.8, 4) is 5.75 Å². The number of phenolic OH excluding ortho intramolecular Hbond substituents is 1. The molecule has 0 fully saturated rings. The molecule has 1 amide bonds. The number of nitrogens with zero attached hydrogens (tertiary/aromatic N) is 1. The molecule has 1 aliphatic heterocycles. The number of benzene rings is 1. The molecule has 1 aromatic carbocycles. The van der Waals surface area contributed by atoms with Crippen LogP contribution in [0, 0.1) is 5.82 Å². The molecular formula is C15H20ClFN2O3. The van der Waals surface area contributed by atoms with Crippen LogP contribution in [0.1, 0.15) is 37.9 Å². The van der Waals surface area contributed by atoms with Crippen LogP contribution in [-0.2, 0) is 11.2 Å². The highest BCUT2D eigenvalue weighted by atomic mass is 35.5. The summed E-state index contributed by atoms with van der Waals surface area (Å²) in [7, 11) is 0. The normalized spacial score (nSPS) is 18.1. The lowest BCUT2D eigenvalue weighted by Crippen LogP contribution is -2.45. The second-order valence-electron chi connectivity index (χ2n) is 6.26. The van der Waals surface area contributed by atoms with Gasteiger partial charge >= 0.3 is 6.09 Å². The fourth-order valence-electron chi connectivity index (χ4n) is 2.61. The minimum absolute atomic E-state index is 0.0274. The van der Waals surface area contributed by atoms with Crippen molar-refractivity contribution in [1.82, 2.24) is 4.90 Å². The summed E-state index contributed by atoms with van der Waals surface area (Å²) in [6.07, 6.45) is -0.147. The fraction of sp³-hybridized carbons (Fsp3) is 0.533. The van der Waals surface area contributed by atoms with Crippen molar-refractivity contribution in [1.29, 1.82) is 0 Å². The van der Waals surface area contributed by atoms with E-state index in [1.54, 1.807) is 20.8 Å². The number of hydrogen-bond acceptors (Lipinski definition) is 4. The molecule has 122 valence electrons. The Kier molecular flexibility index (Phi) is 4.54. The molecule has 1 unspecified atom stereocenters. The standard InChI is InChI=1S/C15H20ClFN2O3/c1-15(2,3)22-14(21)19-5-4-8-9(16)6-10(17)13(20)12(8)11(19)7-18/h6,11,20H,4-5,7,18H2,1-3H3. The number of nitrogens with two attached hydrogens (primary N) is 1. The Hall–Kier alpha value is -1.53. The molecule has 1 heterocycles. The Morgan fingerprint density at radius 1 is 1.59 bits per heavy atom. The number of amides is 1. The minimum Gasteiger partial charge on any atom is -0.505 e. The third-order valence-electron chi connectivity index (χ3n) is 3.51. The number of carbonyl (C=O) groups is 1. The maximum Gasteiger partial charge on any atom is 0.410 e. The molecule has 5 nitrogen and oxygen atoms in total. The number of fused-ring (bicyclic) bond motifs is 1. The number of ether oxygens (including phenoxy) is 1. The second-order valence-corrected chi connectivity index (χ2v) is 6.66. The molecule has 1 aromatic rings. The summed E-state index contributed by atoms with van der Waals surface area (Å²) < 4.78 is 19.1. The third kappa shape index (κ3) is 3.13. The van der Waals surface area contributed by atoms with E-state index in [2.05, 4.69) is 0 Å². The molecule has 0 radical (unpaired) electrons. The lowest BCUT2D eigenvalue weighted by atomic mass is 9.91. The van der Waals surface area contributed by atoms with Crippen molar-refractivity contribution in [3.63, 3.8) is 0 Å². The van der Waals surface area contributed by atoms with Crippen molar-refractivity contribution in [2.24, 2.45) is 5.73 Å². The topological polar surface area (TPSA) is 75.8 Å². The van der Waals surface area contributed by atoms with E-state index < -0.39 is 29.3 Å². The van der Waals surface area contributed by atoms with Crippen LogP contribution in [0.5, 0.6) is 5.75 Å². The van der Waals surface area contributed by atoms with Crippen LogP contribution in [0.25, 0.3) is 0 Å². The van der Waals surface area contributed by atoms with Crippen LogP contribution in [0.4, 0.5) is 9.18 Å². The Balaban J connectivity index is 2.43. The molecule has 0 aliphatic carbocycles.